The molecule has 26 heavy (non-hydrogen) atoms. The van der Waals surface area contributed by atoms with Crippen LogP contribution in [0.3, 0.4) is 0 Å². The second-order valence-electron chi connectivity index (χ2n) is 7.28. The van der Waals surface area contributed by atoms with Gasteiger partial charge in [-0.15, -0.1) is 24.0 Å². The van der Waals surface area contributed by atoms with E-state index in [0.29, 0.717) is 12.0 Å². The van der Waals surface area contributed by atoms with Crippen LogP contribution in [0.2, 0.25) is 0 Å². The third-order valence-corrected chi connectivity index (χ3v) is 5.17. The van der Waals surface area contributed by atoms with Gasteiger partial charge in [-0.05, 0) is 44.1 Å². The molecule has 1 saturated carbocycles. The number of halogens is 1. The number of aliphatic hydroxyl groups is 1. The molecular formula is C20H34IN3O2. The number of rotatable bonds is 9. The summed E-state index contributed by atoms with van der Waals surface area (Å²) < 4.78 is 5.26. The lowest BCUT2D eigenvalue weighted by atomic mass is 9.67. The van der Waals surface area contributed by atoms with Crippen LogP contribution in [0.25, 0.3) is 0 Å². The molecule has 1 atom stereocenters. The highest BCUT2D eigenvalue weighted by Crippen LogP contribution is 2.43. The molecule has 0 radical (unpaired) electrons. The summed E-state index contributed by atoms with van der Waals surface area (Å²) in [6.07, 6.45) is 4.86. The molecule has 1 aliphatic rings. The molecule has 3 N–H and O–H groups in total. The molecule has 0 heterocycles. The standard InChI is InChI=1S/C20H33N3O2.HI/c1-4-21-18(23-16-20(11-8-12-20)13-14-25-3)22-15-19(2,24)17-9-6-5-7-10-17;/h5-7,9-10,24H,4,8,11-16H2,1-3H3,(H2,21,22,23);1H. The minimum atomic E-state index is -0.978. The average Bonchev–Trinajstić information content (AvgIpc) is 2.59. The van der Waals surface area contributed by atoms with Crippen molar-refractivity contribution in [3.63, 3.8) is 0 Å². The summed E-state index contributed by atoms with van der Waals surface area (Å²) in [5.74, 6) is 0.766. The molecule has 0 saturated heterocycles. The van der Waals surface area contributed by atoms with Crippen molar-refractivity contribution < 1.29 is 9.84 Å². The van der Waals surface area contributed by atoms with Crippen LogP contribution in [0.1, 0.15) is 45.1 Å². The van der Waals surface area contributed by atoms with Crippen LogP contribution >= 0.6 is 24.0 Å². The van der Waals surface area contributed by atoms with Gasteiger partial charge in [0.25, 0.3) is 0 Å². The largest absolute Gasteiger partial charge is 0.385 e. The van der Waals surface area contributed by atoms with Crippen molar-refractivity contribution in [3.8, 4) is 0 Å². The smallest absolute Gasteiger partial charge is 0.191 e. The highest BCUT2D eigenvalue weighted by atomic mass is 127. The molecule has 0 aliphatic heterocycles. The second-order valence-corrected chi connectivity index (χ2v) is 7.28. The van der Waals surface area contributed by atoms with Gasteiger partial charge < -0.3 is 20.5 Å². The van der Waals surface area contributed by atoms with Crippen LogP contribution in [-0.4, -0.2) is 44.4 Å². The fraction of sp³-hybridized carbons (Fsp3) is 0.650. The molecule has 6 heteroatoms. The van der Waals surface area contributed by atoms with E-state index in [9.17, 15) is 5.11 Å². The van der Waals surface area contributed by atoms with Crippen molar-refractivity contribution in [3.05, 3.63) is 35.9 Å². The van der Waals surface area contributed by atoms with Crippen LogP contribution in [0, 0.1) is 5.41 Å². The number of hydrogen-bond acceptors (Lipinski definition) is 3. The van der Waals surface area contributed by atoms with E-state index in [1.54, 1.807) is 14.0 Å². The van der Waals surface area contributed by atoms with Gasteiger partial charge in [-0.25, -0.2) is 4.99 Å². The van der Waals surface area contributed by atoms with E-state index in [2.05, 4.69) is 22.5 Å². The molecule has 1 aromatic carbocycles. The minimum Gasteiger partial charge on any atom is -0.385 e. The Labute approximate surface area is 175 Å². The van der Waals surface area contributed by atoms with Gasteiger partial charge in [0, 0.05) is 26.8 Å². The molecule has 1 fully saturated rings. The summed E-state index contributed by atoms with van der Waals surface area (Å²) in [5, 5.41) is 17.5. The summed E-state index contributed by atoms with van der Waals surface area (Å²) in [5.41, 5.74) is 0.229. The molecule has 1 aliphatic carbocycles. The number of nitrogens with one attached hydrogen (secondary N) is 2. The Morgan fingerprint density at radius 1 is 1.27 bits per heavy atom. The van der Waals surface area contributed by atoms with E-state index in [0.717, 1.165) is 37.6 Å². The van der Waals surface area contributed by atoms with Gasteiger partial charge >= 0.3 is 0 Å². The molecule has 5 nitrogen and oxygen atoms in total. The van der Waals surface area contributed by atoms with Gasteiger partial charge in [0.15, 0.2) is 5.96 Å². The fourth-order valence-electron chi connectivity index (χ4n) is 3.24. The predicted molar refractivity (Wildman–Crippen MR) is 118 cm³/mol. The molecule has 0 bridgehead atoms. The highest BCUT2D eigenvalue weighted by Gasteiger charge is 2.36. The lowest BCUT2D eigenvalue weighted by Crippen LogP contribution is -2.47. The zero-order chi connectivity index (χ0) is 18.2. The molecular weight excluding hydrogens is 441 g/mol. The Morgan fingerprint density at radius 2 is 1.96 bits per heavy atom. The summed E-state index contributed by atoms with van der Waals surface area (Å²) in [7, 11) is 1.76. The molecule has 0 spiro atoms. The van der Waals surface area contributed by atoms with E-state index in [-0.39, 0.29) is 24.0 Å². The maximum Gasteiger partial charge on any atom is 0.191 e. The highest BCUT2D eigenvalue weighted by molar-refractivity contribution is 14.0. The monoisotopic (exact) mass is 475 g/mol. The first-order chi connectivity index (χ1) is 12.0. The molecule has 1 aromatic rings. The Bertz CT molecular complexity index is 545. The van der Waals surface area contributed by atoms with Crippen molar-refractivity contribution in [2.45, 2.75) is 45.1 Å². The van der Waals surface area contributed by atoms with E-state index < -0.39 is 5.60 Å². The minimum absolute atomic E-state index is 0. The number of nitrogens with zero attached hydrogens (tertiary/aromatic N) is 1. The topological polar surface area (TPSA) is 65.9 Å². The number of methoxy groups -OCH3 is 1. The van der Waals surface area contributed by atoms with Crippen molar-refractivity contribution in [2.24, 2.45) is 10.4 Å². The van der Waals surface area contributed by atoms with Crippen LogP contribution in [0.15, 0.2) is 35.3 Å². The summed E-state index contributed by atoms with van der Waals surface area (Å²) in [6, 6.07) is 9.70. The Balaban J connectivity index is 0.00000338. The maximum absolute atomic E-state index is 10.7. The molecule has 148 valence electrons. The van der Waals surface area contributed by atoms with Gasteiger partial charge in [0.1, 0.15) is 5.60 Å². The number of benzene rings is 1. The zero-order valence-electron chi connectivity index (χ0n) is 16.3. The summed E-state index contributed by atoms with van der Waals surface area (Å²) in [6.45, 7) is 6.67. The maximum atomic E-state index is 10.7. The molecule has 0 aromatic heterocycles. The lowest BCUT2D eigenvalue weighted by molar-refractivity contribution is 0.0666. The van der Waals surface area contributed by atoms with Crippen molar-refractivity contribution >= 4 is 29.9 Å². The molecule has 1 unspecified atom stereocenters. The lowest BCUT2D eigenvalue weighted by Gasteiger charge is -2.42. The molecule has 0 amide bonds. The van der Waals surface area contributed by atoms with E-state index in [1.165, 1.54) is 19.3 Å². The number of ether oxygens (including phenoxy) is 1. The predicted octanol–water partition coefficient (Wildman–Crippen LogP) is 3.27. The first kappa shape index (κ1) is 23.2. The average molecular weight is 475 g/mol. The van der Waals surface area contributed by atoms with Crippen LogP contribution in [0.4, 0.5) is 0 Å². The van der Waals surface area contributed by atoms with Gasteiger partial charge in [-0.2, -0.15) is 0 Å². The Hall–Kier alpha value is -0.860. The van der Waals surface area contributed by atoms with Crippen LogP contribution in [-0.2, 0) is 10.3 Å². The third kappa shape index (κ3) is 6.70. The van der Waals surface area contributed by atoms with Crippen molar-refractivity contribution in [1.29, 1.82) is 0 Å². The first-order valence-corrected chi connectivity index (χ1v) is 9.30. The summed E-state index contributed by atoms with van der Waals surface area (Å²) >= 11 is 0. The second kappa shape index (κ2) is 11.1. The summed E-state index contributed by atoms with van der Waals surface area (Å²) in [4.78, 5) is 4.62. The SMILES string of the molecule is CCNC(=NCC(C)(O)c1ccccc1)NCC1(CCOC)CCC1.I. The van der Waals surface area contributed by atoms with Gasteiger partial charge in [0.05, 0.1) is 6.54 Å². The number of guanidine groups is 1. The molecule has 2 rings (SSSR count). The van der Waals surface area contributed by atoms with E-state index in [4.69, 9.17) is 4.74 Å². The van der Waals surface area contributed by atoms with Crippen LogP contribution in [0.5, 0.6) is 0 Å². The fourth-order valence-corrected chi connectivity index (χ4v) is 3.24. The van der Waals surface area contributed by atoms with Crippen molar-refractivity contribution in [2.75, 3.05) is 33.4 Å². The number of hydrogen-bond donors (Lipinski definition) is 3. The van der Waals surface area contributed by atoms with Crippen LogP contribution < -0.4 is 10.6 Å². The van der Waals surface area contributed by atoms with E-state index in [1.807, 2.05) is 30.3 Å². The van der Waals surface area contributed by atoms with Crippen molar-refractivity contribution in [1.82, 2.24) is 10.6 Å². The third-order valence-electron chi connectivity index (χ3n) is 5.17. The van der Waals surface area contributed by atoms with Gasteiger partial charge in [0.2, 0.25) is 0 Å². The number of aliphatic imine (C=N–C) groups is 1. The normalized spacial score (nSPS) is 18.2. The van der Waals surface area contributed by atoms with Gasteiger partial charge in [-0.1, -0.05) is 36.8 Å². The van der Waals surface area contributed by atoms with E-state index >= 15 is 0 Å². The first-order valence-electron chi connectivity index (χ1n) is 9.30. The Morgan fingerprint density at radius 3 is 2.50 bits per heavy atom. The van der Waals surface area contributed by atoms with Gasteiger partial charge in [-0.3, -0.25) is 0 Å². The Kier molecular flexibility index (Phi) is 9.89. The zero-order valence-corrected chi connectivity index (χ0v) is 18.6. The quantitative estimate of drug-likeness (QED) is 0.292.